The molecule has 0 atom stereocenters. The third kappa shape index (κ3) is 5.58. The highest BCUT2D eigenvalue weighted by molar-refractivity contribution is 6.30. The lowest BCUT2D eigenvalue weighted by atomic mass is 9.82. The molecule has 1 amide bonds. The molecule has 0 aromatic heterocycles. The van der Waals surface area contributed by atoms with Crippen LogP contribution in [0.4, 0.5) is 5.69 Å². The SMILES string of the molecule is O=C(CCNC1CCC(c2ccccc2)CC1)Nc1ccc(Cl)cc1. The Morgan fingerprint density at radius 1 is 0.960 bits per heavy atom. The van der Waals surface area contributed by atoms with E-state index in [1.54, 1.807) is 12.1 Å². The molecule has 0 unspecified atom stereocenters. The Morgan fingerprint density at radius 2 is 1.64 bits per heavy atom. The van der Waals surface area contributed by atoms with Crippen molar-refractivity contribution in [1.82, 2.24) is 5.32 Å². The lowest BCUT2D eigenvalue weighted by Gasteiger charge is -2.29. The molecular formula is C21H25ClN2O. The van der Waals surface area contributed by atoms with Gasteiger partial charge in [0.1, 0.15) is 0 Å². The zero-order valence-electron chi connectivity index (χ0n) is 14.4. The fourth-order valence-corrected chi connectivity index (χ4v) is 3.63. The monoisotopic (exact) mass is 356 g/mol. The van der Waals surface area contributed by atoms with Crippen molar-refractivity contribution in [2.24, 2.45) is 0 Å². The fraction of sp³-hybridized carbons (Fsp3) is 0.381. The van der Waals surface area contributed by atoms with Crippen LogP contribution in [0.15, 0.2) is 54.6 Å². The van der Waals surface area contributed by atoms with Crippen molar-refractivity contribution in [2.45, 2.75) is 44.1 Å². The molecule has 2 aromatic rings. The minimum Gasteiger partial charge on any atom is -0.326 e. The minimum absolute atomic E-state index is 0.0350. The molecule has 0 heterocycles. The number of benzene rings is 2. The first-order valence-corrected chi connectivity index (χ1v) is 9.42. The molecule has 0 spiro atoms. The Bertz CT molecular complexity index is 664. The van der Waals surface area contributed by atoms with Crippen LogP contribution in [0.1, 0.15) is 43.6 Å². The highest BCUT2D eigenvalue weighted by atomic mass is 35.5. The molecule has 25 heavy (non-hydrogen) atoms. The van der Waals surface area contributed by atoms with Crippen LogP contribution in [-0.2, 0) is 4.79 Å². The largest absolute Gasteiger partial charge is 0.326 e. The van der Waals surface area contributed by atoms with Gasteiger partial charge in [-0.05, 0) is 61.4 Å². The number of carbonyl (C=O) groups is 1. The van der Waals surface area contributed by atoms with Gasteiger partial charge in [-0.25, -0.2) is 0 Å². The molecule has 0 saturated heterocycles. The number of amides is 1. The summed E-state index contributed by atoms with van der Waals surface area (Å²) in [5.74, 6) is 0.722. The quantitative estimate of drug-likeness (QED) is 0.766. The second kappa shape index (κ2) is 9.02. The van der Waals surface area contributed by atoms with E-state index in [4.69, 9.17) is 11.6 Å². The van der Waals surface area contributed by atoms with E-state index >= 15 is 0 Å². The number of hydrogen-bond donors (Lipinski definition) is 2. The summed E-state index contributed by atoms with van der Waals surface area (Å²) in [6.45, 7) is 0.722. The number of halogens is 1. The molecule has 1 aliphatic carbocycles. The van der Waals surface area contributed by atoms with Crippen LogP contribution in [-0.4, -0.2) is 18.5 Å². The van der Waals surface area contributed by atoms with Crippen molar-refractivity contribution in [3.05, 3.63) is 65.2 Å². The van der Waals surface area contributed by atoms with Gasteiger partial charge in [-0.15, -0.1) is 0 Å². The van der Waals surface area contributed by atoms with E-state index < -0.39 is 0 Å². The maximum absolute atomic E-state index is 12.0. The van der Waals surface area contributed by atoms with Crippen molar-refractivity contribution < 1.29 is 4.79 Å². The van der Waals surface area contributed by atoms with Crippen LogP contribution >= 0.6 is 11.6 Å². The average Bonchev–Trinajstić information content (AvgIpc) is 2.65. The van der Waals surface area contributed by atoms with Gasteiger partial charge in [0.05, 0.1) is 0 Å². The molecule has 1 saturated carbocycles. The normalized spacial score (nSPS) is 20.2. The molecule has 3 rings (SSSR count). The Kier molecular flexibility index (Phi) is 6.48. The Balaban J connectivity index is 1.34. The fourth-order valence-electron chi connectivity index (χ4n) is 3.50. The molecule has 3 nitrogen and oxygen atoms in total. The van der Waals surface area contributed by atoms with E-state index in [0.29, 0.717) is 23.4 Å². The second-order valence-electron chi connectivity index (χ2n) is 6.72. The summed E-state index contributed by atoms with van der Waals surface area (Å²) < 4.78 is 0. The average molecular weight is 357 g/mol. The summed E-state index contributed by atoms with van der Waals surface area (Å²) >= 11 is 5.84. The topological polar surface area (TPSA) is 41.1 Å². The van der Waals surface area contributed by atoms with Crippen molar-refractivity contribution in [3.8, 4) is 0 Å². The highest BCUT2D eigenvalue weighted by Gasteiger charge is 2.21. The van der Waals surface area contributed by atoms with Crippen molar-refractivity contribution in [3.63, 3.8) is 0 Å². The molecule has 2 N–H and O–H groups in total. The van der Waals surface area contributed by atoms with Crippen molar-refractivity contribution in [2.75, 3.05) is 11.9 Å². The van der Waals surface area contributed by atoms with Crippen LogP contribution in [0.25, 0.3) is 0 Å². The van der Waals surface area contributed by atoms with Gasteiger partial charge in [-0.3, -0.25) is 4.79 Å². The molecule has 2 aromatic carbocycles. The number of rotatable bonds is 6. The van der Waals surface area contributed by atoms with E-state index in [2.05, 4.69) is 41.0 Å². The maximum Gasteiger partial charge on any atom is 0.225 e. The highest BCUT2D eigenvalue weighted by Crippen LogP contribution is 2.32. The van der Waals surface area contributed by atoms with Crippen LogP contribution in [0.3, 0.4) is 0 Å². The first-order valence-electron chi connectivity index (χ1n) is 9.04. The van der Waals surface area contributed by atoms with Crippen LogP contribution in [0.2, 0.25) is 5.02 Å². The van der Waals surface area contributed by atoms with Gasteiger partial charge in [0.15, 0.2) is 0 Å². The van der Waals surface area contributed by atoms with E-state index in [1.165, 1.54) is 31.2 Å². The molecule has 4 heteroatoms. The summed E-state index contributed by atoms with van der Waals surface area (Å²) in [6, 6.07) is 18.5. The first kappa shape index (κ1) is 18.0. The van der Waals surface area contributed by atoms with E-state index in [0.717, 1.165) is 12.2 Å². The summed E-state index contributed by atoms with van der Waals surface area (Å²) in [7, 11) is 0. The summed E-state index contributed by atoms with van der Waals surface area (Å²) in [5, 5.41) is 7.11. The van der Waals surface area contributed by atoms with Gasteiger partial charge in [0.2, 0.25) is 5.91 Å². The predicted octanol–water partition coefficient (Wildman–Crippen LogP) is 4.98. The Labute approximate surface area is 154 Å². The Morgan fingerprint density at radius 3 is 2.32 bits per heavy atom. The van der Waals surface area contributed by atoms with Crippen LogP contribution in [0.5, 0.6) is 0 Å². The lowest BCUT2D eigenvalue weighted by Crippen LogP contribution is -2.34. The minimum atomic E-state index is 0.0350. The van der Waals surface area contributed by atoms with Crippen molar-refractivity contribution in [1.29, 1.82) is 0 Å². The molecular weight excluding hydrogens is 332 g/mol. The molecule has 0 bridgehead atoms. The molecule has 1 aliphatic rings. The third-order valence-electron chi connectivity index (χ3n) is 4.91. The Hall–Kier alpha value is -1.84. The lowest BCUT2D eigenvalue weighted by molar-refractivity contribution is -0.116. The zero-order valence-corrected chi connectivity index (χ0v) is 15.1. The summed E-state index contributed by atoms with van der Waals surface area (Å²) in [5.41, 5.74) is 2.25. The number of carbonyl (C=O) groups excluding carboxylic acids is 1. The third-order valence-corrected chi connectivity index (χ3v) is 5.16. The number of nitrogens with one attached hydrogen (secondary N) is 2. The molecule has 0 radical (unpaired) electrons. The van der Waals surface area contributed by atoms with Gasteiger partial charge in [0, 0.05) is 29.7 Å². The molecule has 0 aliphatic heterocycles. The van der Waals surface area contributed by atoms with Gasteiger partial charge in [-0.1, -0.05) is 41.9 Å². The van der Waals surface area contributed by atoms with Gasteiger partial charge in [0.25, 0.3) is 0 Å². The first-order chi connectivity index (χ1) is 12.2. The second-order valence-corrected chi connectivity index (χ2v) is 7.15. The van der Waals surface area contributed by atoms with Gasteiger partial charge < -0.3 is 10.6 Å². The molecule has 1 fully saturated rings. The van der Waals surface area contributed by atoms with Gasteiger partial charge >= 0.3 is 0 Å². The van der Waals surface area contributed by atoms with Crippen molar-refractivity contribution >= 4 is 23.2 Å². The van der Waals surface area contributed by atoms with E-state index in [9.17, 15) is 4.79 Å². The standard InChI is InChI=1S/C21H25ClN2O/c22-18-8-12-20(13-9-18)24-21(25)14-15-23-19-10-6-17(7-11-19)16-4-2-1-3-5-16/h1-5,8-9,12-13,17,19,23H,6-7,10-11,14-15H2,(H,24,25). The van der Waals surface area contributed by atoms with E-state index in [-0.39, 0.29) is 5.91 Å². The maximum atomic E-state index is 12.0. The van der Waals surface area contributed by atoms with E-state index in [1.807, 2.05) is 12.1 Å². The van der Waals surface area contributed by atoms with Crippen LogP contribution < -0.4 is 10.6 Å². The summed E-state index contributed by atoms with van der Waals surface area (Å²) in [4.78, 5) is 12.0. The zero-order chi connectivity index (χ0) is 17.5. The van der Waals surface area contributed by atoms with Crippen LogP contribution in [0, 0.1) is 0 Å². The smallest absolute Gasteiger partial charge is 0.225 e. The molecule has 132 valence electrons. The number of anilines is 1. The summed E-state index contributed by atoms with van der Waals surface area (Å²) in [6.07, 6.45) is 5.29. The van der Waals surface area contributed by atoms with Gasteiger partial charge in [-0.2, -0.15) is 0 Å². The predicted molar refractivity (Wildman–Crippen MR) is 104 cm³/mol. The number of hydrogen-bond acceptors (Lipinski definition) is 2.